The zero-order valence-electron chi connectivity index (χ0n) is 7.88. The molecule has 0 spiro atoms. The van der Waals surface area contributed by atoms with Gasteiger partial charge in [-0.25, -0.2) is 0 Å². The van der Waals surface area contributed by atoms with Crippen molar-refractivity contribution in [1.29, 1.82) is 0 Å². The first kappa shape index (κ1) is 12.5. The van der Waals surface area contributed by atoms with E-state index >= 15 is 0 Å². The summed E-state index contributed by atoms with van der Waals surface area (Å²) in [5.74, 6) is 0.0329. The van der Waals surface area contributed by atoms with Crippen LogP contribution < -0.4 is 10.6 Å². The number of hydrogen-bond donors (Lipinski definition) is 2. The summed E-state index contributed by atoms with van der Waals surface area (Å²) >= 11 is 0. The second-order valence-corrected chi connectivity index (χ2v) is 3.01. The largest absolute Gasteiger partial charge is 0.349 e. The van der Waals surface area contributed by atoms with Crippen LogP contribution in [0.3, 0.4) is 0 Å². The molecule has 0 bridgehead atoms. The molecule has 1 fully saturated rings. The van der Waals surface area contributed by atoms with Crippen LogP contribution in [0, 0.1) is 0 Å². The number of halogens is 1. The Hall–Kier alpha value is -0.540. The molecule has 1 aliphatic heterocycles. The third-order valence-electron chi connectivity index (χ3n) is 1.91. The maximum absolute atomic E-state index is 11.1. The van der Waals surface area contributed by atoms with E-state index in [1.54, 1.807) is 6.08 Å². The Morgan fingerprint density at radius 3 is 3.00 bits per heavy atom. The third-order valence-corrected chi connectivity index (χ3v) is 1.91. The van der Waals surface area contributed by atoms with E-state index in [0.29, 0.717) is 6.04 Å². The van der Waals surface area contributed by atoms with Crippen molar-refractivity contribution in [3.8, 4) is 0 Å². The molecule has 3 nitrogen and oxygen atoms in total. The molecule has 1 amide bonds. The van der Waals surface area contributed by atoms with Gasteiger partial charge in [-0.2, -0.15) is 0 Å². The third kappa shape index (κ3) is 4.90. The highest BCUT2D eigenvalue weighted by Gasteiger charge is 2.14. The molecule has 1 heterocycles. The monoisotopic (exact) mass is 204 g/mol. The fraction of sp³-hybridized carbons (Fsp3) is 0.667. The molecule has 1 rings (SSSR count). The minimum Gasteiger partial charge on any atom is -0.349 e. The molecular formula is C9H17ClN2O. The Bertz CT molecular complexity index is 176. The molecule has 2 N–H and O–H groups in total. The fourth-order valence-corrected chi connectivity index (χ4v) is 1.25. The van der Waals surface area contributed by atoms with Crippen LogP contribution in [0.4, 0.5) is 0 Å². The second kappa shape index (κ2) is 6.92. The first-order chi connectivity index (χ1) is 5.83. The van der Waals surface area contributed by atoms with E-state index < -0.39 is 0 Å². The van der Waals surface area contributed by atoms with Crippen LogP contribution in [-0.4, -0.2) is 25.0 Å². The van der Waals surface area contributed by atoms with E-state index in [-0.39, 0.29) is 18.3 Å². The first-order valence-corrected chi connectivity index (χ1v) is 4.50. The number of carbonyl (C=O) groups is 1. The molecule has 76 valence electrons. The summed E-state index contributed by atoms with van der Waals surface area (Å²) < 4.78 is 0. The molecule has 0 aliphatic carbocycles. The van der Waals surface area contributed by atoms with Crippen molar-refractivity contribution in [3.05, 3.63) is 12.2 Å². The maximum Gasteiger partial charge on any atom is 0.243 e. The van der Waals surface area contributed by atoms with E-state index in [4.69, 9.17) is 0 Å². The van der Waals surface area contributed by atoms with Crippen LogP contribution in [0.1, 0.15) is 19.8 Å². The summed E-state index contributed by atoms with van der Waals surface area (Å²) in [4.78, 5) is 11.1. The average Bonchev–Trinajstić information content (AvgIpc) is 2.53. The molecule has 0 saturated carbocycles. The lowest BCUT2D eigenvalue weighted by atomic mass is 10.2. The van der Waals surface area contributed by atoms with Crippen molar-refractivity contribution in [1.82, 2.24) is 10.6 Å². The summed E-state index contributed by atoms with van der Waals surface area (Å²) in [5.41, 5.74) is 0. The predicted octanol–water partition coefficient (Wildman–Crippen LogP) is 0.852. The first-order valence-electron chi connectivity index (χ1n) is 4.50. The van der Waals surface area contributed by atoms with Crippen LogP contribution in [0.25, 0.3) is 0 Å². The lowest BCUT2D eigenvalue weighted by Crippen LogP contribution is -2.35. The lowest BCUT2D eigenvalue weighted by Gasteiger charge is -2.08. The van der Waals surface area contributed by atoms with Crippen molar-refractivity contribution in [3.63, 3.8) is 0 Å². The number of nitrogens with one attached hydrogen (secondary N) is 2. The van der Waals surface area contributed by atoms with E-state index in [1.807, 2.05) is 13.0 Å². The van der Waals surface area contributed by atoms with Gasteiger partial charge in [0.15, 0.2) is 0 Å². The number of hydrogen-bond acceptors (Lipinski definition) is 2. The summed E-state index contributed by atoms with van der Waals surface area (Å²) in [6.45, 7) is 3.94. The standard InChI is InChI=1S/C9H16N2O.ClH/c1-2-3-4-9(12)11-8-5-6-10-7-8;/h3-4,8,10H,2,5-7H2,1H3,(H,11,12);1H/b4-3+;. The highest BCUT2D eigenvalue weighted by molar-refractivity contribution is 5.87. The lowest BCUT2D eigenvalue weighted by molar-refractivity contribution is -0.117. The van der Waals surface area contributed by atoms with Gasteiger partial charge in [-0.15, -0.1) is 12.4 Å². The van der Waals surface area contributed by atoms with Crippen LogP contribution in [0.2, 0.25) is 0 Å². The predicted molar refractivity (Wildman–Crippen MR) is 56.1 cm³/mol. The fourth-order valence-electron chi connectivity index (χ4n) is 1.25. The molecule has 1 aliphatic rings. The van der Waals surface area contributed by atoms with Crippen LogP contribution >= 0.6 is 12.4 Å². The minimum absolute atomic E-state index is 0. The van der Waals surface area contributed by atoms with Gasteiger partial charge < -0.3 is 10.6 Å². The molecule has 1 unspecified atom stereocenters. The Labute approximate surface area is 85.4 Å². The maximum atomic E-state index is 11.1. The Kier molecular flexibility index (Phi) is 6.63. The average molecular weight is 205 g/mol. The highest BCUT2D eigenvalue weighted by atomic mass is 35.5. The van der Waals surface area contributed by atoms with Gasteiger partial charge >= 0.3 is 0 Å². The summed E-state index contributed by atoms with van der Waals surface area (Å²) in [6.07, 6.45) is 5.44. The van der Waals surface area contributed by atoms with Crippen molar-refractivity contribution < 1.29 is 4.79 Å². The molecular weight excluding hydrogens is 188 g/mol. The Morgan fingerprint density at radius 2 is 2.46 bits per heavy atom. The van der Waals surface area contributed by atoms with Crippen molar-refractivity contribution in [2.75, 3.05) is 13.1 Å². The van der Waals surface area contributed by atoms with Gasteiger partial charge in [0.25, 0.3) is 0 Å². The molecule has 0 aromatic carbocycles. The van der Waals surface area contributed by atoms with Crippen LogP contribution in [0.15, 0.2) is 12.2 Å². The zero-order chi connectivity index (χ0) is 8.81. The molecule has 1 saturated heterocycles. The Balaban J connectivity index is 0.00000144. The summed E-state index contributed by atoms with van der Waals surface area (Å²) in [5, 5.41) is 6.12. The topological polar surface area (TPSA) is 41.1 Å². The minimum atomic E-state index is 0. The van der Waals surface area contributed by atoms with Gasteiger partial charge in [0.2, 0.25) is 5.91 Å². The quantitative estimate of drug-likeness (QED) is 0.670. The van der Waals surface area contributed by atoms with Crippen molar-refractivity contribution in [2.45, 2.75) is 25.8 Å². The molecule has 13 heavy (non-hydrogen) atoms. The van der Waals surface area contributed by atoms with E-state index in [0.717, 1.165) is 25.9 Å². The van der Waals surface area contributed by atoms with Gasteiger partial charge in [-0.05, 0) is 25.5 Å². The number of allylic oxidation sites excluding steroid dienone is 1. The number of rotatable bonds is 3. The molecule has 1 atom stereocenters. The van der Waals surface area contributed by atoms with Gasteiger partial charge in [0.05, 0.1) is 0 Å². The second-order valence-electron chi connectivity index (χ2n) is 3.01. The number of amides is 1. The van der Waals surface area contributed by atoms with Gasteiger partial charge in [0.1, 0.15) is 0 Å². The van der Waals surface area contributed by atoms with Crippen molar-refractivity contribution >= 4 is 18.3 Å². The normalized spacial score (nSPS) is 21.5. The van der Waals surface area contributed by atoms with Gasteiger partial charge in [-0.1, -0.05) is 13.0 Å². The highest BCUT2D eigenvalue weighted by Crippen LogP contribution is 1.96. The smallest absolute Gasteiger partial charge is 0.243 e. The SMILES string of the molecule is CC/C=C/C(=O)NC1CCNC1.Cl. The summed E-state index contributed by atoms with van der Waals surface area (Å²) in [7, 11) is 0. The molecule has 4 heteroatoms. The summed E-state index contributed by atoms with van der Waals surface area (Å²) in [6, 6.07) is 0.332. The van der Waals surface area contributed by atoms with E-state index in [1.165, 1.54) is 0 Å². The number of carbonyl (C=O) groups excluding carboxylic acids is 1. The van der Waals surface area contributed by atoms with Crippen molar-refractivity contribution in [2.24, 2.45) is 0 Å². The zero-order valence-corrected chi connectivity index (χ0v) is 8.69. The molecule has 0 radical (unpaired) electrons. The van der Waals surface area contributed by atoms with E-state index in [9.17, 15) is 4.79 Å². The molecule has 0 aromatic heterocycles. The van der Waals surface area contributed by atoms with Crippen LogP contribution in [-0.2, 0) is 4.79 Å². The van der Waals surface area contributed by atoms with E-state index in [2.05, 4.69) is 10.6 Å². The molecule has 0 aromatic rings. The Morgan fingerprint density at radius 1 is 1.69 bits per heavy atom. The van der Waals surface area contributed by atoms with Crippen LogP contribution in [0.5, 0.6) is 0 Å². The van der Waals surface area contributed by atoms with Gasteiger partial charge in [0, 0.05) is 12.6 Å². The van der Waals surface area contributed by atoms with Gasteiger partial charge in [-0.3, -0.25) is 4.79 Å².